The van der Waals surface area contributed by atoms with Crippen molar-refractivity contribution < 1.29 is 27.4 Å². The lowest BCUT2D eigenvalue weighted by molar-refractivity contribution is -0.365. The van der Waals surface area contributed by atoms with Gasteiger partial charge in [-0.25, -0.2) is 13.2 Å². The molecule has 144 valence electrons. The molecule has 0 aromatic heterocycles. The molecule has 3 nitrogen and oxygen atoms in total. The van der Waals surface area contributed by atoms with Gasteiger partial charge in [-0.1, -0.05) is 45.4 Å². The summed E-state index contributed by atoms with van der Waals surface area (Å²) >= 11 is 0. The van der Waals surface area contributed by atoms with Gasteiger partial charge in [0.2, 0.25) is 0 Å². The van der Waals surface area contributed by atoms with Crippen LogP contribution in [0.4, 0.5) is 13.2 Å². The second-order valence-electron chi connectivity index (χ2n) is 6.11. The van der Waals surface area contributed by atoms with Crippen molar-refractivity contribution in [3.05, 3.63) is 35.1 Å². The van der Waals surface area contributed by atoms with Crippen LogP contribution in [0.5, 0.6) is 0 Å². The van der Waals surface area contributed by atoms with Gasteiger partial charge in [0.25, 0.3) is 5.97 Å². The number of methoxy groups -OCH3 is 3. The molecule has 1 aromatic rings. The van der Waals surface area contributed by atoms with Crippen LogP contribution < -0.4 is 0 Å². The van der Waals surface area contributed by atoms with Crippen LogP contribution in [0, 0.1) is 17.5 Å². The summed E-state index contributed by atoms with van der Waals surface area (Å²) < 4.78 is 57.3. The molecule has 0 heterocycles. The highest BCUT2D eigenvalue weighted by molar-refractivity contribution is 5.25. The van der Waals surface area contributed by atoms with Gasteiger partial charge in [0.1, 0.15) is 5.82 Å². The van der Waals surface area contributed by atoms with Gasteiger partial charge in [-0.05, 0) is 12.5 Å². The molecule has 6 heteroatoms. The molecule has 0 N–H and O–H groups in total. The fourth-order valence-electron chi connectivity index (χ4n) is 3.13. The Hall–Kier alpha value is -1.11. The lowest BCUT2D eigenvalue weighted by Gasteiger charge is -2.36. The van der Waals surface area contributed by atoms with Gasteiger partial charge >= 0.3 is 0 Å². The van der Waals surface area contributed by atoms with Crippen LogP contribution in [0.2, 0.25) is 0 Å². The fraction of sp³-hybridized carbons (Fsp3) is 0.684. The minimum atomic E-state index is -1.56. The second-order valence-corrected chi connectivity index (χ2v) is 6.11. The van der Waals surface area contributed by atoms with Crippen LogP contribution in [0.3, 0.4) is 0 Å². The lowest BCUT2D eigenvalue weighted by atomic mass is 9.89. The highest BCUT2D eigenvalue weighted by atomic mass is 19.2. The maximum atomic E-state index is 14.3. The molecular formula is C19H29F3O3. The van der Waals surface area contributed by atoms with Crippen molar-refractivity contribution in [2.75, 3.05) is 21.3 Å². The van der Waals surface area contributed by atoms with Gasteiger partial charge in [-0.3, -0.25) is 0 Å². The molecule has 1 unspecified atom stereocenters. The van der Waals surface area contributed by atoms with Crippen LogP contribution in [-0.4, -0.2) is 27.3 Å². The molecular weight excluding hydrogens is 333 g/mol. The van der Waals surface area contributed by atoms with Gasteiger partial charge < -0.3 is 14.2 Å². The molecule has 0 saturated heterocycles. The Kier molecular flexibility index (Phi) is 9.46. The molecule has 1 atom stereocenters. The molecule has 0 radical (unpaired) electrons. The van der Waals surface area contributed by atoms with Crippen molar-refractivity contribution in [3.8, 4) is 0 Å². The van der Waals surface area contributed by atoms with Crippen molar-refractivity contribution >= 4 is 0 Å². The van der Waals surface area contributed by atoms with Crippen LogP contribution >= 0.6 is 0 Å². The third-order valence-corrected chi connectivity index (χ3v) is 4.54. The smallest absolute Gasteiger partial charge is 0.289 e. The highest BCUT2D eigenvalue weighted by Gasteiger charge is 2.42. The Bertz CT molecular complexity index is 511. The first-order valence-corrected chi connectivity index (χ1v) is 8.75. The van der Waals surface area contributed by atoms with E-state index in [2.05, 4.69) is 6.92 Å². The molecule has 25 heavy (non-hydrogen) atoms. The number of rotatable bonds is 12. The number of hydrogen-bond donors (Lipinski definition) is 0. The number of hydrogen-bond acceptors (Lipinski definition) is 3. The van der Waals surface area contributed by atoms with E-state index in [1.807, 2.05) is 0 Å². The summed E-state index contributed by atoms with van der Waals surface area (Å²) in [5.41, 5.74) is -0.0157. The third kappa shape index (κ3) is 5.69. The van der Waals surface area contributed by atoms with E-state index in [4.69, 9.17) is 14.2 Å². The summed E-state index contributed by atoms with van der Waals surface area (Å²) in [7, 11) is 4.12. The minimum absolute atomic E-state index is 0.0157. The monoisotopic (exact) mass is 362 g/mol. The standard InChI is InChI=1S/C19H29F3O3/c1-5-6-7-8-9-10-11-15(19(23-2,24-3)25-4)14-12-17(21)18(22)13-16(14)20/h12-13,15H,5-11H2,1-4H3. The van der Waals surface area contributed by atoms with E-state index in [1.165, 1.54) is 27.8 Å². The molecule has 1 rings (SSSR count). The molecule has 0 amide bonds. The normalized spacial score (nSPS) is 13.2. The summed E-state index contributed by atoms with van der Waals surface area (Å²) in [6, 6.07) is 1.41. The third-order valence-electron chi connectivity index (χ3n) is 4.54. The topological polar surface area (TPSA) is 27.7 Å². The molecule has 0 fully saturated rings. The largest absolute Gasteiger partial charge is 0.330 e. The Labute approximate surface area is 148 Å². The van der Waals surface area contributed by atoms with Crippen molar-refractivity contribution in [1.82, 2.24) is 0 Å². The summed E-state index contributed by atoms with van der Waals surface area (Å²) in [5.74, 6) is -5.47. The van der Waals surface area contributed by atoms with Crippen molar-refractivity contribution in [1.29, 1.82) is 0 Å². The van der Waals surface area contributed by atoms with Crippen LogP contribution in [0.15, 0.2) is 12.1 Å². The van der Waals surface area contributed by atoms with E-state index >= 15 is 0 Å². The number of halogens is 3. The summed E-state index contributed by atoms with van der Waals surface area (Å²) in [4.78, 5) is 0. The summed E-state index contributed by atoms with van der Waals surface area (Å²) in [6.07, 6.45) is 6.73. The molecule has 0 saturated carbocycles. The first-order chi connectivity index (χ1) is 12.0. The van der Waals surface area contributed by atoms with Gasteiger partial charge in [0.15, 0.2) is 11.6 Å². The minimum Gasteiger partial charge on any atom is -0.330 e. The molecule has 1 aromatic carbocycles. The second kappa shape index (κ2) is 10.8. The summed E-state index contributed by atoms with van der Waals surface area (Å²) in [5, 5.41) is 0. The Balaban J connectivity index is 3.02. The summed E-state index contributed by atoms with van der Waals surface area (Å²) in [6.45, 7) is 2.14. The first-order valence-electron chi connectivity index (χ1n) is 8.75. The maximum absolute atomic E-state index is 14.3. The van der Waals surface area contributed by atoms with E-state index in [9.17, 15) is 13.2 Å². The van der Waals surface area contributed by atoms with E-state index in [0.717, 1.165) is 38.2 Å². The van der Waals surface area contributed by atoms with Crippen molar-refractivity contribution in [3.63, 3.8) is 0 Å². The average molecular weight is 362 g/mol. The van der Waals surface area contributed by atoms with Gasteiger partial charge in [-0.2, -0.15) is 0 Å². The zero-order valence-electron chi connectivity index (χ0n) is 15.5. The quantitative estimate of drug-likeness (QED) is 0.278. The first kappa shape index (κ1) is 21.9. The molecule has 0 aliphatic carbocycles. The SMILES string of the molecule is CCCCCCCCC(c1cc(F)c(F)cc1F)C(OC)(OC)OC. The molecule has 0 spiro atoms. The van der Waals surface area contributed by atoms with Crippen LogP contribution in [0.25, 0.3) is 0 Å². The van der Waals surface area contributed by atoms with Gasteiger partial charge in [0, 0.05) is 33.0 Å². The predicted molar refractivity (Wildman–Crippen MR) is 90.8 cm³/mol. The van der Waals surface area contributed by atoms with E-state index in [1.54, 1.807) is 0 Å². The Morgan fingerprint density at radius 3 is 1.88 bits per heavy atom. The number of benzene rings is 1. The van der Waals surface area contributed by atoms with Gasteiger partial charge in [0.05, 0.1) is 5.92 Å². The van der Waals surface area contributed by atoms with E-state index in [-0.39, 0.29) is 5.56 Å². The number of unbranched alkanes of at least 4 members (excludes halogenated alkanes) is 5. The average Bonchev–Trinajstić information content (AvgIpc) is 2.61. The zero-order valence-corrected chi connectivity index (χ0v) is 15.5. The van der Waals surface area contributed by atoms with Crippen LogP contribution in [0.1, 0.15) is 63.4 Å². The fourth-order valence-corrected chi connectivity index (χ4v) is 3.13. The molecule has 0 aliphatic heterocycles. The van der Waals surface area contributed by atoms with E-state index in [0.29, 0.717) is 12.5 Å². The Morgan fingerprint density at radius 1 is 0.800 bits per heavy atom. The zero-order chi connectivity index (χ0) is 18.9. The maximum Gasteiger partial charge on any atom is 0.289 e. The Morgan fingerprint density at radius 2 is 1.32 bits per heavy atom. The highest BCUT2D eigenvalue weighted by Crippen LogP contribution is 2.39. The lowest BCUT2D eigenvalue weighted by Crippen LogP contribution is -2.43. The van der Waals surface area contributed by atoms with E-state index < -0.39 is 29.3 Å². The molecule has 0 bridgehead atoms. The van der Waals surface area contributed by atoms with Gasteiger partial charge in [-0.15, -0.1) is 0 Å². The predicted octanol–water partition coefficient (Wildman–Crippen LogP) is 5.53. The van der Waals surface area contributed by atoms with Crippen molar-refractivity contribution in [2.45, 2.75) is 63.8 Å². The molecule has 0 aliphatic rings. The van der Waals surface area contributed by atoms with Crippen LogP contribution in [-0.2, 0) is 14.2 Å². The number of ether oxygens (including phenoxy) is 3. The van der Waals surface area contributed by atoms with Crippen molar-refractivity contribution in [2.24, 2.45) is 0 Å².